The van der Waals surface area contributed by atoms with E-state index in [-0.39, 0.29) is 0 Å². The summed E-state index contributed by atoms with van der Waals surface area (Å²) < 4.78 is 6.75. The lowest BCUT2D eigenvalue weighted by Gasteiger charge is -2.25. The van der Waals surface area contributed by atoms with Crippen molar-refractivity contribution in [2.45, 2.75) is 0 Å². The summed E-state index contributed by atoms with van der Waals surface area (Å²) in [6.07, 6.45) is 0. The van der Waals surface area contributed by atoms with Gasteiger partial charge in [-0.25, -0.2) is 0 Å². The van der Waals surface area contributed by atoms with Crippen molar-refractivity contribution in [1.82, 2.24) is 0 Å². The van der Waals surface area contributed by atoms with Crippen LogP contribution in [-0.4, -0.2) is 0 Å². The fraction of sp³-hybridized carbons (Fsp3) is 0. The molecule has 0 saturated carbocycles. The van der Waals surface area contributed by atoms with Gasteiger partial charge in [0.1, 0.15) is 11.5 Å². The van der Waals surface area contributed by atoms with E-state index in [0.29, 0.717) is 0 Å². The van der Waals surface area contributed by atoms with Gasteiger partial charge < -0.3 is 4.74 Å². The Morgan fingerprint density at radius 2 is 1.00 bits per heavy atom. The first kappa shape index (κ1) is 20.3. The van der Waals surface area contributed by atoms with E-state index in [1.807, 2.05) is 0 Å². The molecule has 0 N–H and O–H groups in total. The summed E-state index contributed by atoms with van der Waals surface area (Å²) in [5, 5.41) is 7.25. The molecule has 0 unspecified atom stereocenters. The third-order valence-corrected chi connectivity index (χ3v) is 7.65. The average Bonchev–Trinajstić information content (AvgIpc) is 2.98. The smallest absolute Gasteiger partial charge is 0.143 e. The normalized spacial score (nSPS) is 12.0. The molecule has 1 aliphatic rings. The van der Waals surface area contributed by atoms with Gasteiger partial charge in [-0.15, -0.1) is 0 Å². The molecule has 0 saturated heterocycles. The second-order valence-corrected chi connectivity index (χ2v) is 9.68. The molecular weight excluding hydrogens is 448 g/mol. The van der Waals surface area contributed by atoms with Crippen LogP contribution in [0.3, 0.4) is 0 Å². The average molecular weight is 471 g/mol. The Morgan fingerprint density at radius 3 is 1.84 bits per heavy atom. The molecule has 0 radical (unpaired) electrons. The molecule has 0 fully saturated rings. The van der Waals surface area contributed by atoms with Crippen LogP contribution in [0.1, 0.15) is 0 Å². The molecule has 7 aromatic carbocycles. The highest BCUT2D eigenvalue weighted by Crippen LogP contribution is 2.53. The molecule has 1 nitrogen and oxygen atoms in total. The zero-order chi connectivity index (χ0) is 24.3. The zero-order valence-corrected chi connectivity index (χ0v) is 20.1. The van der Waals surface area contributed by atoms with E-state index in [0.717, 1.165) is 16.9 Å². The molecule has 7 aromatic rings. The molecule has 0 spiro atoms. The fourth-order valence-corrected chi connectivity index (χ4v) is 6.01. The van der Waals surface area contributed by atoms with Gasteiger partial charge in [-0.1, -0.05) is 121 Å². The summed E-state index contributed by atoms with van der Waals surface area (Å²) in [7, 11) is 0. The van der Waals surface area contributed by atoms with Gasteiger partial charge in [0, 0.05) is 16.3 Å². The molecular formula is C36H22O. The number of rotatable bonds is 2. The van der Waals surface area contributed by atoms with E-state index in [4.69, 9.17) is 4.74 Å². The van der Waals surface area contributed by atoms with Gasteiger partial charge >= 0.3 is 0 Å². The van der Waals surface area contributed by atoms with Crippen LogP contribution in [0.4, 0.5) is 0 Å². The first-order chi connectivity index (χ1) is 18.4. The van der Waals surface area contributed by atoms with E-state index >= 15 is 0 Å². The molecule has 1 heteroatoms. The summed E-state index contributed by atoms with van der Waals surface area (Å²) in [5.41, 5.74) is 7.29. The van der Waals surface area contributed by atoms with Crippen LogP contribution in [0.5, 0.6) is 11.5 Å². The van der Waals surface area contributed by atoms with Crippen molar-refractivity contribution in [3.05, 3.63) is 133 Å². The molecule has 0 atom stereocenters. The lowest BCUT2D eigenvalue weighted by atomic mass is 9.86. The summed E-state index contributed by atoms with van der Waals surface area (Å²) in [5.74, 6) is 1.87. The zero-order valence-electron chi connectivity index (χ0n) is 20.1. The van der Waals surface area contributed by atoms with Gasteiger partial charge in [0.2, 0.25) is 0 Å². The Bertz CT molecular complexity index is 2000. The molecule has 37 heavy (non-hydrogen) atoms. The predicted molar refractivity (Wildman–Crippen MR) is 155 cm³/mol. The highest BCUT2D eigenvalue weighted by Gasteiger charge is 2.26. The van der Waals surface area contributed by atoms with E-state index in [2.05, 4.69) is 133 Å². The molecule has 172 valence electrons. The Balaban J connectivity index is 1.42. The van der Waals surface area contributed by atoms with E-state index in [9.17, 15) is 0 Å². The summed E-state index contributed by atoms with van der Waals surface area (Å²) >= 11 is 0. The molecule has 8 rings (SSSR count). The van der Waals surface area contributed by atoms with Crippen molar-refractivity contribution in [1.29, 1.82) is 0 Å². The van der Waals surface area contributed by atoms with Crippen molar-refractivity contribution in [3.8, 4) is 44.9 Å². The van der Waals surface area contributed by atoms with Gasteiger partial charge in [0.05, 0.1) is 0 Å². The number of ether oxygens (including phenoxy) is 1. The van der Waals surface area contributed by atoms with Crippen LogP contribution in [-0.2, 0) is 0 Å². The maximum atomic E-state index is 6.75. The predicted octanol–water partition coefficient (Wildman–Crippen LogP) is 10.3. The summed E-state index contributed by atoms with van der Waals surface area (Å²) in [6.45, 7) is 0. The Labute approximate surface area is 215 Å². The molecule has 1 heterocycles. The lowest BCUT2D eigenvalue weighted by molar-refractivity contribution is 0.493. The van der Waals surface area contributed by atoms with Gasteiger partial charge in [-0.05, 0) is 61.5 Å². The van der Waals surface area contributed by atoms with Crippen molar-refractivity contribution < 1.29 is 4.74 Å². The van der Waals surface area contributed by atoms with Crippen molar-refractivity contribution >= 4 is 32.3 Å². The van der Waals surface area contributed by atoms with E-state index in [1.165, 1.54) is 60.3 Å². The van der Waals surface area contributed by atoms with Crippen molar-refractivity contribution in [3.63, 3.8) is 0 Å². The highest BCUT2D eigenvalue weighted by atomic mass is 16.5. The van der Waals surface area contributed by atoms with Crippen LogP contribution in [0.2, 0.25) is 0 Å². The van der Waals surface area contributed by atoms with Crippen LogP contribution in [0.15, 0.2) is 133 Å². The van der Waals surface area contributed by atoms with Crippen LogP contribution in [0.25, 0.3) is 65.7 Å². The van der Waals surface area contributed by atoms with E-state index < -0.39 is 0 Å². The number of benzene rings is 7. The minimum absolute atomic E-state index is 0.918. The van der Waals surface area contributed by atoms with Crippen molar-refractivity contribution in [2.24, 2.45) is 0 Å². The van der Waals surface area contributed by atoms with Gasteiger partial charge in [-0.3, -0.25) is 0 Å². The number of fused-ring (bicyclic) bond motifs is 7. The van der Waals surface area contributed by atoms with Gasteiger partial charge in [0.25, 0.3) is 0 Å². The molecule has 1 aliphatic heterocycles. The van der Waals surface area contributed by atoms with Gasteiger partial charge in [0.15, 0.2) is 0 Å². The quantitative estimate of drug-likeness (QED) is 0.228. The molecule has 0 aromatic heterocycles. The van der Waals surface area contributed by atoms with Crippen LogP contribution < -0.4 is 4.74 Å². The van der Waals surface area contributed by atoms with Gasteiger partial charge in [-0.2, -0.15) is 0 Å². The maximum absolute atomic E-state index is 6.75. The largest absolute Gasteiger partial charge is 0.455 e. The highest BCUT2D eigenvalue weighted by molar-refractivity contribution is 6.22. The Hall–Kier alpha value is -4.88. The minimum atomic E-state index is 0.918. The number of hydrogen-bond acceptors (Lipinski definition) is 1. The standard InChI is InChI=1S/C36H22O/c1-2-10-23(11-3-1)24-12-8-13-25(22-24)26-20-21-33-34-29(26)18-9-19-32(34)35-30-16-6-4-14-27(30)28-15-5-7-17-31(28)36(35)37-33/h1-22H. The summed E-state index contributed by atoms with van der Waals surface area (Å²) in [6, 6.07) is 47.7. The van der Waals surface area contributed by atoms with Crippen LogP contribution in [0, 0.1) is 0 Å². The van der Waals surface area contributed by atoms with Crippen molar-refractivity contribution in [2.75, 3.05) is 0 Å². The topological polar surface area (TPSA) is 9.23 Å². The summed E-state index contributed by atoms with van der Waals surface area (Å²) in [4.78, 5) is 0. The number of hydrogen-bond donors (Lipinski definition) is 0. The SMILES string of the molecule is c1ccc(-c2cccc(-c3ccc4c5c(cccc35)-c3c(c5ccccc5c5ccccc35)O4)c2)cc1. The third kappa shape index (κ3) is 2.98. The first-order valence-corrected chi connectivity index (χ1v) is 12.7. The van der Waals surface area contributed by atoms with Crippen LogP contribution >= 0.6 is 0 Å². The fourth-order valence-electron chi connectivity index (χ4n) is 6.01. The monoisotopic (exact) mass is 470 g/mol. The second kappa shape index (κ2) is 7.81. The molecule has 0 aliphatic carbocycles. The third-order valence-electron chi connectivity index (χ3n) is 7.65. The Kier molecular flexibility index (Phi) is 4.29. The minimum Gasteiger partial charge on any atom is -0.455 e. The molecule has 0 amide bonds. The maximum Gasteiger partial charge on any atom is 0.143 e. The Morgan fingerprint density at radius 1 is 0.378 bits per heavy atom. The second-order valence-electron chi connectivity index (χ2n) is 9.68. The lowest BCUT2D eigenvalue weighted by Crippen LogP contribution is -2.00. The van der Waals surface area contributed by atoms with E-state index in [1.54, 1.807) is 0 Å². The molecule has 0 bridgehead atoms. The first-order valence-electron chi connectivity index (χ1n) is 12.7.